The molecule has 1 amide bonds. The Kier molecular flexibility index (Phi) is 5.92. The number of hydrogen-bond acceptors (Lipinski definition) is 3. The van der Waals surface area contributed by atoms with Crippen LogP contribution >= 0.6 is 0 Å². The van der Waals surface area contributed by atoms with Gasteiger partial charge in [0, 0.05) is 12.1 Å². The summed E-state index contributed by atoms with van der Waals surface area (Å²) in [5, 5.41) is 12.4. The van der Waals surface area contributed by atoms with Gasteiger partial charge < -0.3 is 10.4 Å². The lowest BCUT2D eigenvalue weighted by Gasteiger charge is -2.36. The molecule has 1 aliphatic rings. The molecule has 0 saturated carbocycles. The summed E-state index contributed by atoms with van der Waals surface area (Å²) in [7, 11) is 0. The summed E-state index contributed by atoms with van der Waals surface area (Å²) in [6.45, 7) is 7.21. The molecule has 4 nitrogen and oxygen atoms in total. The predicted molar refractivity (Wildman–Crippen MR) is 68.8 cm³/mol. The number of nitrogens with one attached hydrogen (secondary N) is 1. The average molecular weight is 242 g/mol. The highest BCUT2D eigenvalue weighted by Crippen LogP contribution is 2.20. The third-order valence-corrected chi connectivity index (χ3v) is 3.16. The number of rotatable bonds is 5. The summed E-state index contributed by atoms with van der Waals surface area (Å²) in [6.07, 6.45) is 3.95. The maximum absolute atomic E-state index is 11.7. The van der Waals surface area contributed by atoms with E-state index in [1.165, 1.54) is 6.42 Å². The van der Waals surface area contributed by atoms with Crippen LogP contribution in [0.3, 0.4) is 0 Å². The largest absolute Gasteiger partial charge is 0.393 e. The third-order valence-electron chi connectivity index (χ3n) is 3.16. The van der Waals surface area contributed by atoms with Crippen LogP contribution in [0, 0.1) is 0 Å². The van der Waals surface area contributed by atoms with Crippen LogP contribution in [-0.2, 0) is 4.79 Å². The van der Waals surface area contributed by atoms with E-state index in [1.54, 1.807) is 0 Å². The summed E-state index contributed by atoms with van der Waals surface area (Å²) in [5.41, 5.74) is 0. The van der Waals surface area contributed by atoms with Crippen LogP contribution in [-0.4, -0.2) is 47.2 Å². The smallest absolute Gasteiger partial charge is 0.234 e. The normalized spacial score (nSPS) is 23.7. The van der Waals surface area contributed by atoms with Gasteiger partial charge in [-0.1, -0.05) is 6.42 Å². The van der Waals surface area contributed by atoms with Gasteiger partial charge in [-0.15, -0.1) is 0 Å². The molecule has 1 aliphatic heterocycles. The molecular formula is C13H26N2O2. The van der Waals surface area contributed by atoms with Crippen molar-refractivity contribution in [3.63, 3.8) is 0 Å². The van der Waals surface area contributed by atoms with Crippen molar-refractivity contribution in [3.05, 3.63) is 0 Å². The minimum absolute atomic E-state index is 0.0949. The Morgan fingerprint density at radius 3 is 2.71 bits per heavy atom. The number of likely N-dealkylation sites (tertiary alicyclic amines) is 1. The first-order valence-corrected chi connectivity index (χ1v) is 6.70. The molecule has 0 radical (unpaired) electrons. The third kappa shape index (κ3) is 5.50. The highest BCUT2D eigenvalue weighted by Gasteiger charge is 2.25. The number of carbonyl (C=O) groups is 1. The molecule has 0 aliphatic carbocycles. The monoisotopic (exact) mass is 242 g/mol. The Balaban J connectivity index is 2.44. The van der Waals surface area contributed by atoms with E-state index in [2.05, 4.69) is 10.2 Å². The molecular weight excluding hydrogens is 216 g/mol. The van der Waals surface area contributed by atoms with Gasteiger partial charge in [-0.2, -0.15) is 0 Å². The Bertz CT molecular complexity index is 242. The van der Waals surface area contributed by atoms with E-state index in [0.717, 1.165) is 25.8 Å². The lowest BCUT2D eigenvalue weighted by Crippen LogP contribution is -2.47. The zero-order valence-electron chi connectivity index (χ0n) is 11.3. The number of hydrogen-bond donors (Lipinski definition) is 2. The van der Waals surface area contributed by atoms with E-state index >= 15 is 0 Å². The molecule has 4 heteroatoms. The predicted octanol–water partition coefficient (Wildman–Crippen LogP) is 1.14. The van der Waals surface area contributed by atoms with Crippen LogP contribution < -0.4 is 5.32 Å². The minimum atomic E-state index is -0.284. The molecule has 1 rings (SSSR count). The van der Waals surface area contributed by atoms with Gasteiger partial charge in [0.25, 0.3) is 0 Å². The van der Waals surface area contributed by atoms with Crippen LogP contribution in [0.15, 0.2) is 0 Å². The highest BCUT2D eigenvalue weighted by atomic mass is 16.3. The molecule has 0 aromatic rings. The van der Waals surface area contributed by atoms with Crippen molar-refractivity contribution < 1.29 is 9.90 Å². The fraction of sp³-hybridized carbons (Fsp3) is 0.923. The summed E-state index contributed by atoms with van der Waals surface area (Å²) < 4.78 is 0. The SMILES string of the molecule is CC(O)CC1CCCCN1CC(=O)NC(C)C. The molecule has 17 heavy (non-hydrogen) atoms. The van der Waals surface area contributed by atoms with E-state index in [1.807, 2.05) is 20.8 Å². The average Bonchev–Trinajstić information content (AvgIpc) is 2.18. The van der Waals surface area contributed by atoms with Gasteiger partial charge in [-0.25, -0.2) is 0 Å². The summed E-state index contributed by atoms with van der Waals surface area (Å²) in [6, 6.07) is 0.559. The zero-order valence-corrected chi connectivity index (χ0v) is 11.3. The van der Waals surface area contributed by atoms with Crippen LogP contribution in [0.5, 0.6) is 0 Å². The second kappa shape index (κ2) is 6.97. The number of carbonyl (C=O) groups excluding carboxylic acids is 1. The summed E-state index contributed by atoms with van der Waals surface area (Å²) in [4.78, 5) is 14.0. The first-order valence-electron chi connectivity index (χ1n) is 6.70. The highest BCUT2D eigenvalue weighted by molar-refractivity contribution is 5.78. The van der Waals surface area contributed by atoms with Gasteiger partial charge in [-0.05, 0) is 46.6 Å². The van der Waals surface area contributed by atoms with Crippen molar-refractivity contribution in [1.82, 2.24) is 10.2 Å². The lowest BCUT2D eigenvalue weighted by molar-refractivity contribution is -0.123. The van der Waals surface area contributed by atoms with Crippen molar-refractivity contribution >= 4 is 5.91 Å². The first-order chi connectivity index (χ1) is 7.99. The maximum atomic E-state index is 11.7. The second-order valence-electron chi connectivity index (χ2n) is 5.43. The summed E-state index contributed by atoms with van der Waals surface area (Å²) >= 11 is 0. The van der Waals surface area contributed by atoms with Gasteiger partial charge in [0.1, 0.15) is 0 Å². The van der Waals surface area contributed by atoms with Crippen molar-refractivity contribution in [1.29, 1.82) is 0 Å². The van der Waals surface area contributed by atoms with E-state index in [-0.39, 0.29) is 18.1 Å². The fourth-order valence-electron chi connectivity index (χ4n) is 2.48. The Morgan fingerprint density at radius 1 is 1.41 bits per heavy atom. The maximum Gasteiger partial charge on any atom is 0.234 e. The second-order valence-corrected chi connectivity index (χ2v) is 5.43. The van der Waals surface area contributed by atoms with Gasteiger partial charge in [0.15, 0.2) is 0 Å². The number of aliphatic hydroxyl groups excluding tert-OH is 1. The van der Waals surface area contributed by atoms with Gasteiger partial charge >= 0.3 is 0 Å². The zero-order chi connectivity index (χ0) is 12.8. The van der Waals surface area contributed by atoms with Crippen LogP contribution in [0.2, 0.25) is 0 Å². The van der Waals surface area contributed by atoms with Crippen LogP contribution in [0.1, 0.15) is 46.5 Å². The number of amides is 1. The topological polar surface area (TPSA) is 52.6 Å². The first kappa shape index (κ1) is 14.5. The quantitative estimate of drug-likeness (QED) is 0.760. The Hall–Kier alpha value is -0.610. The molecule has 0 bridgehead atoms. The molecule has 2 atom stereocenters. The lowest BCUT2D eigenvalue weighted by atomic mass is 9.97. The number of nitrogens with zero attached hydrogens (tertiary/aromatic N) is 1. The van der Waals surface area contributed by atoms with Gasteiger partial charge in [0.05, 0.1) is 12.6 Å². The van der Waals surface area contributed by atoms with Crippen LogP contribution in [0.4, 0.5) is 0 Å². The number of aliphatic hydroxyl groups is 1. The molecule has 1 fully saturated rings. The molecule has 0 spiro atoms. The Labute approximate surface area is 104 Å². The molecule has 0 aromatic heterocycles. The Morgan fingerprint density at radius 2 is 2.12 bits per heavy atom. The summed E-state index contributed by atoms with van der Waals surface area (Å²) in [5.74, 6) is 0.0949. The van der Waals surface area contributed by atoms with E-state index in [0.29, 0.717) is 12.6 Å². The molecule has 0 aromatic carbocycles. The van der Waals surface area contributed by atoms with Crippen LogP contribution in [0.25, 0.3) is 0 Å². The number of piperidine rings is 1. The molecule has 2 N–H and O–H groups in total. The van der Waals surface area contributed by atoms with Gasteiger partial charge in [-0.3, -0.25) is 9.69 Å². The van der Waals surface area contributed by atoms with Crippen molar-refractivity contribution in [2.24, 2.45) is 0 Å². The standard InChI is InChI=1S/C13H26N2O2/c1-10(2)14-13(17)9-15-7-5-4-6-12(15)8-11(3)16/h10-12,16H,4-9H2,1-3H3,(H,14,17). The van der Waals surface area contributed by atoms with Crippen molar-refractivity contribution in [2.75, 3.05) is 13.1 Å². The van der Waals surface area contributed by atoms with E-state index in [9.17, 15) is 9.90 Å². The molecule has 1 heterocycles. The minimum Gasteiger partial charge on any atom is -0.393 e. The fourth-order valence-corrected chi connectivity index (χ4v) is 2.48. The molecule has 1 saturated heterocycles. The molecule has 100 valence electrons. The van der Waals surface area contributed by atoms with E-state index < -0.39 is 0 Å². The van der Waals surface area contributed by atoms with Crippen molar-refractivity contribution in [3.8, 4) is 0 Å². The van der Waals surface area contributed by atoms with E-state index in [4.69, 9.17) is 0 Å². The van der Waals surface area contributed by atoms with Gasteiger partial charge in [0.2, 0.25) is 5.91 Å². The molecule has 2 unspecified atom stereocenters. The van der Waals surface area contributed by atoms with Crippen molar-refractivity contribution in [2.45, 2.75) is 64.6 Å².